The molecule has 3 aromatic rings. The van der Waals surface area contributed by atoms with Gasteiger partial charge in [0, 0.05) is 37.3 Å². The van der Waals surface area contributed by atoms with Crippen LogP contribution in [0.3, 0.4) is 0 Å². The van der Waals surface area contributed by atoms with E-state index >= 15 is 0 Å². The molecular formula is C36H45N5O4. The van der Waals surface area contributed by atoms with Crippen molar-refractivity contribution in [3.8, 4) is 5.75 Å². The Balaban J connectivity index is 1.32. The number of fused-ring (bicyclic) bond motifs is 3. The van der Waals surface area contributed by atoms with Crippen LogP contribution < -0.4 is 26.4 Å². The fraction of sp³-hybridized carbons (Fsp3) is 0.444. The molecule has 1 aromatic heterocycles. The number of rotatable bonds is 14. The molecule has 238 valence electrons. The zero-order valence-electron chi connectivity index (χ0n) is 26.1. The Bertz CT molecular complexity index is 1410. The molecule has 0 aliphatic heterocycles. The fourth-order valence-electron chi connectivity index (χ4n) is 6.71. The van der Waals surface area contributed by atoms with Crippen LogP contribution in [0.25, 0.3) is 0 Å². The third-order valence-electron chi connectivity index (χ3n) is 9.76. The third-order valence-corrected chi connectivity index (χ3v) is 9.76. The first-order chi connectivity index (χ1) is 21.8. The molecule has 3 saturated carbocycles. The molecule has 3 amide bonds. The molecule has 9 nitrogen and oxygen atoms in total. The van der Waals surface area contributed by atoms with Crippen LogP contribution in [0.4, 0.5) is 0 Å². The maximum Gasteiger partial charge on any atom is 0.251 e. The summed E-state index contributed by atoms with van der Waals surface area (Å²) < 4.78 is 5.56. The predicted molar refractivity (Wildman–Crippen MR) is 174 cm³/mol. The highest BCUT2D eigenvalue weighted by atomic mass is 16.5. The number of nitrogens with zero attached hydrogens (tertiary/aromatic N) is 1. The molecule has 3 aliphatic rings. The minimum Gasteiger partial charge on any atom is -0.494 e. The second-order valence-corrected chi connectivity index (χ2v) is 12.7. The van der Waals surface area contributed by atoms with Crippen LogP contribution in [0.5, 0.6) is 5.75 Å². The number of ether oxygens (including phenoxy) is 1. The molecule has 2 unspecified atom stereocenters. The Morgan fingerprint density at radius 2 is 1.44 bits per heavy atom. The highest BCUT2D eigenvalue weighted by Gasteiger charge is 2.48. The van der Waals surface area contributed by atoms with Crippen molar-refractivity contribution in [2.45, 2.75) is 70.4 Å². The summed E-state index contributed by atoms with van der Waals surface area (Å²) in [7, 11) is 0. The largest absolute Gasteiger partial charge is 0.494 e. The Morgan fingerprint density at radius 1 is 0.800 bits per heavy atom. The summed E-state index contributed by atoms with van der Waals surface area (Å²) in [6.45, 7) is 3.77. The molecule has 9 heteroatoms. The number of amides is 3. The van der Waals surface area contributed by atoms with Crippen molar-refractivity contribution in [3.63, 3.8) is 0 Å². The number of hydrogen-bond acceptors (Lipinski definition) is 6. The van der Waals surface area contributed by atoms with E-state index in [2.05, 4.69) is 20.9 Å². The van der Waals surface area contributed by atoms with E-state index in [4.69, 9.17) is 10.5 Å². The quantitative estimate of drug-likeness (QED) is 0.218. The first kappa shape index (κ1) is 32.2. The SMILES string of the molecule is CCOc1ccc(CC(NC(=O)c2ccccc2)C(=O)NC(Cc2cccnc2)C(=O)NCC23CCC(CN)(CC2)CC3)cc1. The van der Waals surface area contributed by atoms with Gasteiger partial charge in [0.05, 0.1) is 6.61 Å². The van der Waals surface area contributed by atoms with Gasteiger partial charge < -0.3 is 26.4 Å². The van der Waals surface area contributed by atoms with E-state index in [1.165, 1.54) is 0 Å². The van der Waals surface area contributed by atoms with Crippen LogP contribution in [-0.4, -0.2) is 54.5 Å². The van der Waals surface area contributed by atoms with Crippen LogP contribution in [0.2, 0.25) is 0 Å². The number of carbonyl (C=O) groups excluding carboxylic acids is 3. The van der Waals surface area contributed by atoms with Gasteiger partial charge in [-0.25, -0.2) is 0 Å². The summed E-state index contributed by atoms with van der Waals surface area (Å²) in [5.74, 6) is -0.305. The highest BCUT2D eigenvalue weighted by Crippen LogP contribution is 2.56. The second-order valence-electron chi connectivity index (χ2n) is 12.7. The lowest BCUT2D eigenvalue weighted by atomic mass is 9.54. The van der Waals surface area contributed by atoms with E-state index in [0.717, 1.165) is 61.9 Å². The Morgan fingerprint density at radius 3 is 2.07 bits per heavy atom. The predicted octanol–water partition coefficient (Wildman–Crippen LogP) is 3.96. The Hall–Kier alpha value is -4.24. The monoisotopic (exact) mass is 611 g/mol. The van der Waals surface area contributed by atoms with Crippen molar-refractivity contribution in [1.82, 2.24) is 20.9 Å². The Labute approximate surface area is 265 Å². The third kappa shape index (κ3) is 8.28. The molecule has 3 aliphatic carbocycles. The molecule has 0 radical (unpaired) electrons. The summed E-state index contributed by atoms with van der Waals surface area (Å²) in [5.41, 5.74) is 8.58. The van der Waals surface area contributed by atoms with Gasteiger partial charge in [0.15, 0.2) is 0 Å². The van der Waals surface area contributed by atoms with Gasteiger partial charge in [-0.2, -0.15) is 0 Å². The van der Waals surface area contributed by atoms with Crippen molar-refractivity contribution in [2.75, 3.05) is 19.7 Å². The van der Waals surface area contributed by atoms with Gasteiger partial charge in [-0.05, 0) is 104 Å². The molecule has 45 heavy (non-hydrogen) atoms. The lowest BCUT2D eigenvalue weighted by Crippen LogP contribution is -2.56. The van der Waals surface area contributed by atoms with Crippen LogP contribution in [0, 0.1) is 10.8 Å². The van der Waals surface area contributed by atoms with Gasteiger partial charge in [0.2, 0.25) is 11.8 Å². The molecule has 5 N–H and O–H groups in total. The van der Waals surface area contributed by atoms with E-state index in [-0.39, 0.29) is 35.5 Å². The molecule has 1 heterocycles. The van der Waals surface area contributed by atoms with Crippen molar-refractivity contribution >= 4 is 17.7 Å². The average Bonchev–Trinajstić information content (AvgIpc) is 3.09. The van der Waals surface area contributed by atoms with Crippen LogP contribution >= 0.6 is 0 Å². The standard InChI is InChI=1S/C36H45N5O4/c1-2-45-29-12-10-26(11-13-29)21-31(40-32(42)28-8-4-3-5-9-28)34(44)41-30(22-27-7-6-20-38-23-27)33(43)39-25-36-17-14-35(24-37,15-18-36)16-19-36/h3-13,20,23,30-31H,2,14-19,21-22,24-25,37H2,1H3,(H,39,43)(H,40,42)(H,41,44). The zero-order valence-corrected chi connectivity index (χ0v) is 26.1. The normalized spacial score (nSPS) is 21.7. The van der Waals surface area contributed by atoms with Gasteiger partial charge in [0.25, 0.3) is 5.91 Å². The number of hydrogen-bond donors (Lipinski definition) is 4. The molecule has 2 aromatic carbocycles. The van der Waals surface area contributed by atoms with Gasteiger partial charge in [-0.3, -0.25) is 19.4 Å². The van der Waals surface area contributed by atoms with Crippen molar-refractivity contribution in [3.05, 3.63) is 95.8 Å². The number of pyridine rings is 1. The van der Waals surface area contributed by atoms with Crippen molar-refractivity contribution in [2.24, 2.45) is 16.6 Å². The summed E-state index contributed by atoms with van der Waals surface area (Å²) >= 11 is 0. The highest BCUT2D eigenvalue weighted by molar-refractivity contribution is 5.98. The number of benzene rings is 2. The first-order valence-corrected chi connectivity index (χ1v) is 16.1. The lowest BCUT2D eigenvalue weighted by molar-refractivity contribution is -0.130. The van der Waals surface area contributed by atoms with Crippen LogP contribution in [0.15, 0.2) is 79.1 Å². The van der Waals surface area contributed by atoms with Crippen molar-refractivity contribution < 1.29 is 19.1 Å². The minimum atomic E-state index is -0.917. The Kier molecular flexibility index (Phi) is 10.5. The van der Waals surface area contributed by atoms with Crippen LogP contribution in [-0.2, 0) is 22.4 Å². The minimum absolute atomic E-state index is 0.0787. The number of nitrogens with two attached hydrogens (primary N) is 1. The molecule has 6 rings (SSSR count). The topological polar surface area (TPSA) is 135 Å². The first-order valence-electron chi connectivity index (χ1n) is 16.1. The molecule has 2 atom stereocenters. The second kappa shape index (κ2) is 14.7. The van der Waals surface area contributed by atoms with E-state index in [0.29, 0.717) is 18.7 Å². The van der Waals surface area contributed by atoms with Gasteiger partial charge >= 0.3 is 0 Å². The van der Waals surface area contributed by atoms with Gasteiger partial charge in [0.1, 0.15) is 17.8 Å². The zero-order chi connectivity index (χ0) is 31.7. The lowest BCUT2D eigenvalue weighted by Gasteiger charge is -2.53. The molecule has 3 fully saturated rings. The summed E-state index contributed by atoms with van der Waals surface area (Å²) in [6, 6.07) is 18.2. The summed E-state index contributed by atoms with van der Waals surface area (Å²) in [5, 5.41) is 9.08. The molecular weight excluding hydrogens is 566 g/mol. The van der Waals surface area contributed by atoms with E-state index in [1.807, 2.05) is 49.4 Å². The number of carbonyl (C=O) groups is 3. The van der Waals surface area contributed by atoms with Gasteiger partial charge in [-0.15, -0.1) is 0 Å². The summed E-state index contributed by atoms with van der Waals surface area (Å²) in [6.07, 6.45) is 10.4. The maximum absolute atomic E-state index is 13.9. The summed E-state index contributed by atoms with van der Waals surface area (Å²) in [4.78, 5) is 45.1. The maximum atomic E-state index is 13.9. The van der Waals surface area contributed by atoms with Crippen molar-refractivity contribution in [1.29, 1.82) is 0 Å². The van der Waals surface area contributed by atoms with E-state index in [9.17, 15) is 14.4 Å². The van der Waals surface area contributed by atoms with Crippen LogP contribution in [0.1, 0.15) is 66.9 Å². The molecule has 2 bridgehead atoms. The molecule has 0 saturated heterocycles. The van der Waals surface area contributed by atoms with Gasteiger partial charge in [-0.1, -0.05) is 36.4 Å². The fourth-order valence-corrected chi connectivity index (χ4v) is 6.71. The molecule has 0 spiro atoms. The average molecular weight is 612 g/mol. The number of nitrogens with one attached hydrogen (secondary N) is 3. The smallest absolute Gasteiger partial charge is 0.251 e. The van der Waals surface area contributed by atoms with E-state index < -0.39 is 18.0 Å². The van der Waals surface area contributed by atoms with E-state index in [1.54, 1.807) is 36.7 Å². The number of aromatic nitrogens is 1.